The Morgan fingerprint density at radius 2 is 2.00 bits per heavy atom. The molecule has 0 saturated heterocycles. The fourth-order valence-corrected chi connectivity index (χ4v) is 3.64. The highest BCUT2D eigenvalue weighted by Gasteiger charge is 2.18. The maximum absolute atomic E-state index is 12.4. The summed E-state index contributed by atoms with van der Waals surface area (Å²) in [6.07, 6.45) is 2.56. The van der Waals surface area contributed by atoms with Gasteiger partial charge in [-0.1, -0.05) is 18.7 Å². The number of anilines is 1. The summed E-state index contributed by atoms with van der Waals surface area (Å²) in [6.45, 7) is 4.74. The van der Waals surface area contributed by atoms with Crippen LogP contribution < -0.4 is 14.8 Å². The van der Waals surface area contributed by atoms with Gasteiger partial charge in [-0.2, -0.15) is 0 Å². The van der Waals surface area contributed by atoms with Gasteiger partial charge in [0.2, 0.25) is 5.91 Å². The molecular weight excluding hydrogens is 392 g/mol. The van der Waals surface area contributed by atoms with Crippen molar-refractivity contribution < 1.29 is 18.7 Å². The molecule has 3 aromatic rings. The molecule has 1 amide bonds. The van der Waals surface area contributed by atoms with Crippen molar-refractivity contribution in [2.45, 2.75) is 32.0 Å². The van der Waals surface area contributed by atoms with E-state index in [0.29, 0.717) is 22.3 Å². The van der Waals surface area contributed by atoms with E-state index in [1.807, 2.05) is 17.6 Å². The lowest BCUT2D eigenvalue weighted by atomic mass is 10.2. The lowest BCUT2D eigenvalue weighted by Crippen LogP contribution is -2.15. The van der Waals surface area contributed by atoms with Crippen LogP contribution in [0.3, 0.4) is 0 Å². The van der Waals surface area contributed by atoms with E-state index in [2.05, 4.69) is 22.4 Å². The number of hydrogen-bond acceptors (Lipinski definition) is 7. The van der Waals surface area contributed by atoms with Gasteiger partial charge in [0.25, 0.3) is 0 Å². The number of carbonyl (C=O) groups excluding carboxylic acids is 1. The molecule has 0 radical (unpaired) electrons. The average molecular weight is 417 g/mol. The Hall–Kier alpha value is -2.94. The SMILES string of the molecule is CCCn1c(SCC(=O)Nc2ccc(OC)c(OC)c2)nnc1-c1ccoc1C. The van der Waals surface area contributed by atoms with Crippen molar-refractivity contribution >= 4 is 23.4 Å². The quantitative estimate of drug-likeness (QED) is 0.527. The van der Waals surface area contributed by atoms with E-state index in [1.54, 1.807) is 38.7 Å². The molecule has 3 rings (SSSR count). The van der Waals surface area contributed by atoms with Crippen LogP contribution in [0.5, 0.6) is 11.5 Å². The molecule has 0 saturated carbocycles. The molecule has 0 aliphatic rings. The van der Waals surface area contributed by atoms with E-state index in [9.17, 15) is 4.79 Å². The number of carbonyl (C=O) groups is 1. The molecule has 2 heterocycles. The van der Waals surface area contributed by atoms with Gasteiger partial charge in [0.05, 0.1) is 31.8 Å². The molecule has 0 spiro atoms. The van der Waals surface area contributed by atoms with Crippen LogP contribution in [0.15, 0.2) is 40.1 Å². The third-order valence-electron chi connectivity index (χ3n) is 4.26. The Morgan fingerprint density at radius 1 is 1.21 bits per heavy atom. The fraction of sp³-hybridized carbons (Fsp3) is 0.350. The standard InChI is InChI=1S/C20H24N4O4S/c1-5-9-24-19(15-8-10-28-13(15)2)22-23-20(24)29-12-18(25)21-14-6-7-16(26-3)17(11-14)27-4/h6-8,10-11H,5,9,12H2,1-4H3,(H,21,25). The van der Waals surface area contributed by atoms with Crippen molar-refractivity contribution in [1.29, 1.82) is 0 Å². The second kappa shape index (κ2) is 9.51. The predicted octanol–water partition coefficient (Wildman–Crippen LogP) is 4.00. The van der Waals surface area contributed by atoms with Crippen LogP contribution in [0.1, 0.15) is 19.1 Å². The first-order valence-corrected chi connectivity index (χ1v) is 10.2. The Kier molecular flexibility index (Phi) is 6.82. The normalized spacial score (nSPS) is 10.8. The zero-order chi connectivity index (χ0) is 20.8. The Bertz CT molecular complexity index is 983. The first-order valence-electron chi connectivity index (χ1n) is 9.19. The number of hydrogen-bond donors (Lipinski definition) is 1. The van der Waals surface area contributed by atoms with Crippen molar-refractivity contribution in [3.8, 4) is 22.9 Å². The van der Waals surface area contributed by atoms with E-state index in [0.717, 1.165) is 30.1 Å². The van der Waals surface area contributed by atoms with Gasteiger partial charge in [0.15, 0.2) is 22.5 Å². The summed E-state index contributed by atoms with van der Waals surface area (Å²) in [4.78, 5) is 12.4. The molecule has 29 heavy (non-hydrogen) atoms. The number of methoxy groups -OCH3 is 2. The summed E-state index contributed by atoms with van der Waals surface area (Å²) in [5, 5.41) is 12.2. The minimum absolute atomic E-state index is 0.144. The second-order valence-electron chi connectivity index (χ2n) is 6.25. The van der Waals surface area contributed by atoms with Gasteiger partial charge >= 0.3 is 0 Å². The molecule has 1 N–H and O–H groups in total. The van der Waals surface area contributed by atoms with Crippen molar-refractivity contribution in [1.82, 2.24) is 14.8 Å². The predicted molar refractivity (Wildman–Crippen MR) is 112 cm³/mol. The maximum Gasteiger partial charge on any atom is 0.234 e. The number of ether oxygens (including phenoxy) is 2. The van der Waals surface area contributed by atoms with Gasteiger partial charge in [-0.15, -0.1) is 10.2 Å². The zero-order valence-electron chi connectivity index (χ0n) is 16.9. The second-order valence-corrected chi connectivity index (χ2v) is 7.20. The lowest BCUT2D eigenvalue weighted by Gasteiger charge is -2.11. The zero-order valence-corrected chi connectivity index (χ0v) is 17.7. The molecule has 9 heteroatoms. The smallest absolute Gasteiger partial charge is 0.234 e. The van der Waals surface area contributed by atoms with E-state index < -0.39 is 0 Å². The molecule has 0 unspecified atom stereocenters. The van der Waals surface area contributed by atoms with E-state index in [4.69, 9.17) is 13.9 Å². The molecular formula is C20H24N4O4S. The van der Waals surface area contributed by atoms with Crippen molar-refractivity contribution in [3.63, 3.8) is 0 Å². The number of aromatic nitrogens is 3. The number of furan rings is 1. The first kappa shape index (κ1) is 20.8. The maximum atomic E-state index is 12.4. The fourth-order valence-electron chi connectivity index (χ4n) is 2.88. The highest BCUT2D eigenvalue weighted by atomic mass is 32.2. The number of nitrogens with zero attached hydrogens (tertiary/aromatic N) is 3. The third kappa shape index (κ3) is 4.73. The van der Waals surface area contributed by atoms with Crippen LogP contribution in [0.25, 0.3) is 11.4 Å². The molecule has 0 fully saturated rings. The largest absolute Gasteiger partial charge is 0.493 e. The monoisotopic (exact) mass is 416 g/mol. The number of benzene rings is 1. The molecule has 154 valence electrons. The Balaban J connectivity index is 1.69. The Labute approximate surface area is 173 Å². The molecule has 0 bridgehead atoms. The number of aryl methyl sites for hydroxylation is 1. The topological polar surface area (TPSA) is 91.4 Å². The number of nitrogens with one attached hydrogen (secondary N) is 1. The van der Waals surface area contributed by atoms with Gasteiger partial charge in [0.1, 0.15) is 5.76 Å². The highest BCUT2D eigenvalue weighted by molar-refractivity contribution is 7.99. The van der Waals surface area contributed by atoms with Crippen LogP contribution in [0, 0.1) is 6.92 Å². The molecule has 2 aromatic heterocycles. The molecule has 0 aliphatic carbocycles. The molecule has 0 aliphatic heterocycles. The van der Waals surface area contributed by atoms with Gasteiger partial charge < -0.3 is 23.8 Å². The van der Waals surface area contributed by atoms with Crippen LogP contribution in [-0.4, -0.2) is 40.6 Å². The van der Waals surface area contributed by atoms with Gasteiger partial charge in [0, 0.05) is 18.3 Å². The minimum Gasteiger partial charge on any atom is -0.493 e. The number of rotatable bonds is 9. The van der Waals surface area contributed by atoms with Crippen LogP contribution in [-0.2, 0) is 11.3 Å². The molecule has 0 atom stereocenters. The lowest BCUT2D eigenvalue weighted by molar-refractivity contribution is -0.113. The molecule has 1 aromatic carbocycles. The van der Waals surface area contributed by atoms with Crippen LogP contribution >= 0.6 is 11.8 Å². The van der Waals surface area contributed by atoms with Crippen molar-refractivity contribution in [2.24, 2.45) is 0 Å². The van der Waals surface area contributed by atoms with Crippen LogP contribution in [0.4, 0.5) is 5.69 Å². The summed E-state index contributed by atoms with van der Waals surface area (Å²) >= 11 is 1.35. The molecule has 8 nitrogen and oxygen atoms in total. The average Bonchev–Trinajstić information content (AvgIpc) is 3.32. The summed E-state index contributed by atoms with van der Waals surface area (Å²) < 4.78 is 17.9. The van der Waals surface area contributed by atoms with Gasteiger partial charge in [-0.05, 0) is 31.5 Å². The number of thioether (sulfide) groups is 1. The summed E-state index contributed by atoms with van der Waals surface area (Å²) in [5.41, 5.74) is 1.55. The van der Waals surface area contributed by atoms with Gasteiger partial charge in [-0.3, -0.25) is 4.79 Å². The van der Waals surface area contributed by atoms with E-state index >= 15 is 0 Å². The van der Waals surface area contributed by atoms with Crippen molar-refractivity contribution in [2.75, 3.05) is 25.3 Å². The first-order chi connectivity index (χ1) is 14.1. The summed E-state index contributed by atoms with van der Waals surface area (Å²) in [7, 11) is 3.12. The summed E-state index contributed by atoms with van der Waals surface area (Å²) in [6, 6.07) is 7.12. The van der Waals surface area contributed by atoms with Crippen LogP contribution in [0.2, 0.25) is 0 Å². The number of amides is 1. The van der Waals surface area contributed by atoms with Crippen molar-refractivity contribution in [3.05, 3.63) is 36.3 Å². The third-order valence-corrected chi connectivity index (χ3v) is 5.23. The minimum atomic E-state index is -0.144. The van der Waals surface area contributed by atoms with E-state index in [-0.39, 0.29) is 11.7 Å². The Morgan fingerprint density at radius 3 is 2.66 bits per heavy atom. The highest BCUT2D eigenvalue weighted by Crippen LogP contribution is 2.30. The summed E-state index contributed by atoms with van der Waals surface area (Å²) in [5.74, 6) is 2.77. The van der Waals surface area contributed by atoms with Gasteiger partial charge in [-0.25, -0.2) is 0 Å². The van der Waals surface area contributed by atoms with E-state index in [1.165, 1.54) is 11.8 Å².